The molecule has 3 rings (SSSR count). The van der Waals surface area contributed by atoms with Crippen LogP contribution in [0.15, 0.2) is 60.7 Å². The SMILES string of the molecule is O=C(/C=C/c1cccc([N+](=O)[O-])c1)NCc1cc2ccccc2[nH]1. The van der Waals surface area contributed by atoms with Crippen molar-refractivity contribution in [2.45, 2.75) is 6.54 Å². The number of carbonyl (C=O) groups excluding carboxylic acids is 1. The molecule has 0 radical (unpaired) electrons. The number of amides is 1. The van der Waals surface area contributed by atoms with Crippen LogP contribution in [0.2, 0.25) is 0 Å². The Morgan fingerprint density at radius 1 is 1.17 bits per heavy atom. The standard InChI is InChI=1S/C18H15N3O3/c22-18(9-8-13-4-3-6-16(10-13)21(23)24)19-12-15-11-14-5-1-2-7-17(14)20-15/h1-11,20H,12H2,(H,19,22)/b9-8+. The molecular weight excluding hydrogens is 306 g/mol. The van der Waals surface area contributed by atoms with Crippen LogP contribution >= 0.6 is 0 Å². The van der Waals surface area contributed by atoms with Gasteiger partial charge in [-0.25, -0.2) is 0 Å². The van der Waals surface area contributed by atoms with Gasteiger partial charge in [0.05, 0.1) is 11.5 Å². The third-order valence-electron chi connectivity index (χ3n) is 3.55. The second kappa shape index (κ2) is 6.78. The summed E-state index contributed by atoms with van der Waals surface area (Å²) in [4.78, 5) is 25.4. The third-order valence-corrected chi connectivity index (χ3v) is 3.55. The van der Waals surface area contributed by atoms with Gasteiger partial charge in [0.1, 0.15) is 0 Å². The summed E-state index contributed by atoms with van der Waals surface area (Å²) in [7, 11) is 0. The molecule has 0 fully saturated rings. The van der Waals surface area contributed by atoms with E-state index < -0.39 is 4.92 Å². The molecule has 1 amide bonds. The Balaban J connectivity index is 1.61. The fraction of sp³-hybridized carbons (Fsp3) is 0.0556. The topological polar surface area (TPSA) is 88.0 Å². The van der Waals surface area contributed by atoms with Crippen LogP contribution in [-0.2, 0) is 11.3 Å². The molecule has 0 atom stereocenters. The number of fused-ring (bicyclic) bond motifs is 1. The van der Waals surface area contributed by atoms with Crippen LogP contribution in [0.4, 0.5) is 5.69 Å². The maximum Gasteiger partial charge on any atom is 0.270 e. The van der Waals surface area contributed by atoms with Gasteiger partial charge in [-0.1, -0.05) is 30.3 Å². The molecule has 0 aliphatic rings. The molecule has 0 bridgehead atoms. The van der Waals surface area contributed by atoms with E-state index in [-0.39, 0.29) is 11.6 Å². The predicted octanol–water partition coefficient (Wildman–Crippen LogP) is 3.41. The van der Waals surface area contributed by atoms with Gasteiger partial charge in [0.25, 0.3) is 5.69 Å². The molecule has 0 saturated heterocycles. The molecule has 1 aromatic heterocycles. The molecular formula is C18H15N3O3. The zero-order chi connectivity index (χ0) is 16.9. The molecule has 120 valence electrons. The number of aromatic nitrogens is 1. The lowest BCUT2D eigenvalue weighted by Gasteiger charge is -1.99. The number of nitrogens with zero attached hydrogens (tertiary/aromatic N) is 1. The second-order valence-corrected chi connectivity index (χ2v) is 5.29. The number of para-hydroxylation sites is 1. The Morgan fingerprint density at radius 2 is 2.00 bits per heavy atom. The van der Waals surface area contributed by atoms with E-state index in [1.807, 2.05) is 30.3 Å². The summed E-state index contributed by atoms with van der Waals surface area (Å²) < 4.78 is 0. The monoisotopic (exact) mass is 321 g/mol. The lowest BCUT2D eigenvalue weighted by atomic mass is 10.2. The number of H-pyrrole nitrogens is 1. The van der Waals surface area contributed by atoms with Crippen LogP contribution in [0.1, 0.15) is 11.3 Å². The molecule has 0 spiro atoms. The molecule has 0 unspecified atom stereocenters. The van der Waals surface area contributed by atoms with Crippen LogP contribution < -0.4 is 5.32 Å². The zero-order valence-corrected chi connectivity index (χ0v) is 12.7. The number of nitro groups is 1. The van der Waals surface area contributed by atoms with Gasteiger partial charge in [-0.05, 0) is 29.2 Å². The van der Waals surface area contributed by atoms with Crippen LogP contribution in [0.3, 0.4) is 0 Å². The highest BCUT2D eigenvalue weighted by molar-refractivity contribution is 5.91. The van der Waals surface area contributed by atoms with E-state index in [1.54, 1.807) is 18.2 Å². The molecule has 24 heavy (non-hydrogen) atoms. The van der Waals surface area contributed by atoms with Crippen molar-refractivity contribution in [1.29, 1.82) is 0 Å². The minimum absolute atomic E-state index is 0.00404. The average Bonchev–Trinajstić information content (AvgIpc) is 3.01. The molecule has 0 saturated carbocycles. The number of non-ortho nitro benzene ring substituents is 1. The van der Waals surface area contributed by atoms with E-state index in [2.05, 4.69) is 10.3 Å². The Morgan fingerprint density at radius 3 is 2.79 bits per heavy atom. The molecule has 6 nitrogen and oxygen atoms in total. The lowest BCUT2D eigenvalue weighted by molar-refractivity contribution is -0.384. The summed E-state index contributed by atoms with van der Waals surface area (Å²) in [6.07, 6.45) is 2.91. The number of hydrogen-bond acceptors (Lipinski definition) is 3. The normalized spacial score (nSPS) is 11.0. The molecule has 3 aromatic rings. The van der Waals surface area contributed by atoms with Crippen LogP contribution in [0.5, 0.6) is 0 Å². The third kappa shape index (κ3) is 3.67. The average molecular weight is 321 g/mol. The van der Waals surface area contributed by atoms with E-state index in [1.165, 1.54) is 18.2 Å². The van der Waals surface area contributed by atoms with Gasteiger partial charge in [0.15, 0.2) is 0 Å². The molecule has 1 heterocycles. The number of rotatable bonds is 5. The van der Waals surface area contributed by atoms with E-state index in [0.29, 0.717) is 12.1 Å². The number of aromatic amines is 1. The zero-order valence-electron chi connectivity index (χ0n) is 12.7. The van der Waals surface area contributed by atoms with Crippen molar-refractivity contribution >= 4 is 28.6 Å². The highest BCUT2D eigenvalue weighted by Gasteiger charge is 2.04. The van der Waals surface area contributed by atoms with E-state index >= 15 is 0 Å². The molecule has 6 heteroatoms. The molecule has 2 aromatic carbocycles. The highest BCUT2D eigenvalue weighted by atomic mass is 16.6. The predicted molar refractivity (Wildman–Crippen MR) is 92.3 cm³/mol. The summed E-state index contributed by atoms with van der Waals surface area (Å²) in [6.45, 7) is 0.382. The smallest absolute Gasteiger partial charge is 0.270 e. The van der Waals surface area contributed by atoms with E-state index in [4.69, 9.17) is 0 Å². The van der Waals surface area contributed by atoms with Crippen molar-refractivity contribution in [3.63, 3.8) is 0 Å². The number of carbonyl (C=O) groups is 1. The maximum atomic E-state index is 11.9. The Bertz CT molecular complexity index is 895. The minimum Gasteiger partial charge on any atom is -0.357 e. The fourth-order valence-corrected chi connectivity index (χ4v) is 2.38. The summed E-state index contributed by atoms with van der Waals surface area (Å²) in [6, 6.07) is 16.0. The van der Waals surface area contributed by atoms with Gasteiger partial charge in [-0.3, -0.25) is 14.9 Å². The Labute approximate surface area is 138 Å². The molecule has 0 aliphatic heterocycles. The highest BCUT2D eigenvalue weighted by Crippen LogP contribution is 2.15. The van der Waals surface area contributed by atoms with Gasteiger partial charge in [-0.15, -0.1) is 0 Å². The van der Waals surface area contributed by atoms with Crippen LogP contribution in [0, 0.1) is 10.1 Å². The van der Waals surface area contributed by atoms with Gasteiger partial charge < -0.3 is 10.3 Å². The van der Waals surface area contributed by atoms with E-state index in [0.717, 1.165) is 16.6 Å². The molecule has 2 N–H and O–H groups in total. The second-order valence-electron chi connectivity index (χ2n) is 5.29. The minimum atomic E-state index is -0.465. The number of hydrogen-bond donors (Lipinski definition) is 2. The lowest BCUT2D eigenvalue weighted by Crippen LogP contribution is -2.20. The fourth-order valence-electron chi connectivity index (χ4n) is 2.38. The number of nitrogens with one attached hydrogen (secondary N) is 2. The number of benzene rings is 2. The van der Waals surface area contributed by atoms with Gasteiger partial charge in [0.2, 0.25) is 5.91 Å². The van der Waals surface area contributed by atoms with Crippen molar-refractivity contribution in [3.05, 3.63) is 82.0 Å². The van der Waals surface area contributed by atoms with Gasteiger partial charge in [-0.2, -0.15) is 0 Å². The first kappa shape index (κ1) is 15.5. The van der Waals surface area contributed by atoms with Crippen molar-refractivity contribution in [2.75, 3.05) is 0 Å². The Hall–Kier alpha value is -3.41. The number of nitro benzene ring substituents is 1. The maximum absolute atomic E-state index is 11.9. The van der Waals surface area contributed by atoms with Gasteiger partial charge >= 0.3 is 0 Å². The van der Waals surface area contributed by atoms with Crippen LogP contribution in [-0.4, -0.2) is 15.8 Å². The first-order valence-corrected chi connectivity index (χ1v) is 7.39. The molecule has 0 aliphatic carbocycles. The first-order chi connectivity index (χ1) is 11.6. The van der Waals surface area contributed by atoms with Crippen molar-refractivity contribution in [2.24, 2.45) is 0 Å². The summed E-state index contributed by atoms with van der Waals surface area (Å²) in [5.41, 5.74) is 2.53. The first-order valence-electron chi connectivity index (χ1n) is 7.39. The summed E-state index contributed by atoms with van der Waals surface area (Å²) in [5, 5.41) is 14.6. The van der Waals surface area contributed by atoms with Crippen molar-refractivity contribution in [3.8, 4) is 0 Å². The van der Waals surface area contributed by atoms with Gasteiger partial charge in [0, 0.05) is 29.4 Å². The van der Waals surface area contributed by atoms with Crippen LogP contribution in [0.25, 0.3) is 17.0 Å². The quantitative estimate of drug-likeness (QED) is 0.429. The Kier molecular flexibility index (Phi) is 4.38. The van der Waals surface area contributed by atoms with E-state index in [9.17, 15) is 14.9 Å². The summed E-state index contributed by atoms with van der Waals surface area (Å²) in [5.74, 6) is -0.264. The van der Waals surface area contributed by atoms with Crippen molar-refractivity contribution in [1.82, 2.24) is 10.3 Å². The largest absolute Gasteiger partial charge is 0.357 e. The van der Waals surface area contributed by atoms with Crippen molar-refractivity contribution < 1.29 is 9.72 Å². The summed E-state index contributed by atoms with van der Waals surface area (Å²) >= 11 is 0.